The van der Waals surface area contributed by atoms with E-state index in [-0.39, 0.29) is 28.7 Å². The number of hydrogen-bond donors (Lipinski definition) is 1. The molecule has 1 amide bonds. The molecule has 0 bridgehead atoms. The minimum Gasteiger partial charge on any atom is -0.376 e. The normalized spacial score (nSPS) is 18.0. The molecule has 0 radical (unpaired) electrons. The maximum Gasteiger partial charge on any atom is 0.262 e. The van der Waals surface area contributed by atoms with Crippen LogP contribution in [0, 0.1) is 5.92 Å². The molecule has 152 valence electrons. The largest absolute Gasteiger partial charge is 0.376 e. The second-order valence-corrected chi connectivity index (χ2v) is 9.25. The van der Waals surface area contributed by atoms with Crippen molar-refractivity contribution in [1.29, 1.82) is 0 Å². The number of hydrogen-bond acceptors (Lipinski definition) is 5. The average molecular weight is 424 g/mol. The van der Waals surface area contributed by atoms with Crippen LogP contribution in [-0.4, -0.2) is 40.0 Å². The van der Waals surface area contributed by atoms with E-state index in [0.29, 0.717) is 34.2 Å². The smallest absolute Gasteiger partial charge is 0.262 e. The number of halogens is 1. The molecule has 8 heteroatoms. The number of aromatic nitrogens is 2. The molecule has 2 heterocycles. The third-order valence-corrected chi connectivity index (χ3v) is 5.93. The van der Waals surface area contributed by atoms with Crippen molar-refractivity contribution in [2.75, 3.05) is 13.2 Å². The Morgan fingerprint density at radius 2 is 2.21 bits per heavy atom. The first-order valence-electron chi connectivity index (χ1n) is 9.61. The summed E-state index contributed by atoms with van der Waals surface area (Å²) in [7, 11) is 0. The Labute approximate surface area is 174 Å². The lowest BCUT2D eigenvalue weighted by molar-refractivity contribution is -0.120. The van der Waals surface area contributed by atoms with Crippen molar-refractivity contribution in [3.8, 4) is 0 Å². The second kappa shape index (κ2) is 9.29. The van der Waals surface area contributed by atoms with Crippen molar-refractivity contribution in [2.24, 2.45) is 5.92 Å². The van der Waals surface area contributed by atoms with Gasteiger partial charge in [0.2, 0.25) is 5.91 Å². The van der Waals surface area contributed by atoms with E-state index in [9.17, 15) is 9.59 Å². The van der Waals surface area contributed by atoms with Crippen molar-refractivity contribution in [3.05, 3.63) is 33.6 Å². The molecule has 0 aliphatic carbocycles. The maximum absolute atomic E-state index is 13.0. The lowest BCUT2D eigenvalue weighted by atomic mass is 10.2. The Hall–Kier alpha value is -1.57. The molecule has 1 N–H and O–H groups in total. The molecule has 0 unspecified atom stereocenters. The van der Waals surface area contributed by atoms with Crippen molar-refractivity contribution in [2.45, 2.75) is 56.7 Å². The van der Waals surface area contributed by atoms with E-state index in [0.717, 1.165) is 19.4 Å². The Bertz CT molecular complexity index is 909. The molecule has 1 fully saturated rings. The van der Waals surface area contributed by atoms with Crippen LogP contribution < -0.4 is 10.9 Å². The van der Waals surface area contributed by atoms with Gasteiger partial charge < -0.3 is 10.1 Å². The van der Waals surface area contributed by atoms with E-state index in [1.807, 2.05) is 20.8 Å². The van der Waals surface area contributed by atoms with Gasteiger partial charge in [0.25, 0.3) is 5.56 Å². The van der Waals surface area contributed by atoms with Gasteiger partial charge in [0, 0.05) is 24.7 Å². The molecule has 1 aliphatic rings. The zero-order valence-electron chi connectivity index (χ0n) is 16.4. The molecular formula is C20H26ClN3O3S. The van der Waals surface area contributed by atoms with Gasteiger partial charge in [0.15, 0.2) is 5.16 Å². The molecule has 1 aromatic heterocycles. The van der Waals surface area contributed by atoms with Crippen LogP contribution in [0.15, 0.2) is 28.2 Å². The lowest BCUT2D eigenvalue weighted by Crippen LogP contribution is -2.37. The first-order chi connectivity index (χ1) is 13.3. The number of carbonyl (C=O) groups is 1. The number of benzene rings is 1. The number of thioether (sulfide) groups is 1. The average Bonchev–Trinajstić information content (AvgIpc) is 3.17. The fraction of sp³-hybridized carbons (Fsp3) is 0.550. The summed E-state index contributed by atoms with van der Waals surface area (Å²) in [5, 5.41) is 4.12. The van der Waals surface area contributed by atoms with Crippen LogP contribution in [0.25, 0.3) is 10.9 Å². The minimum atomic E-state index is -0.378. The van der Waals surface area contributed by atoms with Gasteiger partial charge in [-0.25, -0.2) is 4.98 Å². The summed E-state index contributed by atoms with van der Waals surface area (Å²) >= 11 is 7.36. The quantitative estimate of drug-likeness (QED) is 0.545. The summed E-state index contributed by atoms with van der Waals surface area (Å²) < 4.78 is 7.20. The topological polar surface area (TPSA) is 73.2 Å². The molecule has 2 aromatic rings. The number of fused-ring (bicyclic) bond motifs is 1. The summed E-state index contributed by atoms with van der Waals surface area (Å²) in [5.74, 6) is 0.182. The number of carbonyl (C=O) groups excluding carboxylic acids is 1. The van der Waals surface area contributed by atoms with Crippen molar-refractivity contribution in [3.63, 3.8) is 0 Å². The van der Waals surface area contributed by atoms with Crippen LogP contribution in [-0.2, 0) is 16.1 Å². The zero-order chi connectivity index (χ0) is 20.3. The lowest BCUT2D eigenvalue weighted by Gasteiger charge is -2.18. The molecule has 28 heavy (non-hydrogen) atoms. The van der Waals surface area contributed by atoms with Crippen molar-refractivity contribution >= 4 is 40.2 Å². The summed E-state index contributed by atoms with van der Waals surface area (Å²) in [6.07, 6.45) is 2.12. The first-order valence-corrected chi connectivity index (χ1v) is 10.9. The molecule has 0 spiro atoms. The molecule has 6 nitrogen and oxygen atoms in total. The van der Waals surface area contributed by atoms with Gasteiger partial charge in [-0.05, 0) is 43.9 Å². The fourth-order valence-corrected chi connectivity index (χ4v) is 4.28. The SMILES string of the molecule is CC(C)Cn1c(S[C@H](C)C(=O)NC[C@H]2CCCO2)nc2ccc(Cl)cc2c1=O. The van der Waals surface area contributed by atoms with E-state index in [4.69, 9.17) is 16.3 Å². The Morgan fingerprint density at radius 3 is 2.89 bits per heavy atom. The zero-order valence-corrected chi connectivity index (χ0v) is 18.0. The van der Waals surface area contributed by atoms with Crippen molar-refractivity contribution in [1.82, 2.24) is 14.9 Å². The first kappa shape index (κ1) is 21.1. The Balaban J connectivity index is 1.82. The Kier molecular flexibility index (Phi) is 7.01. The standard InChI is InChI=1S/C20H26ClN3O3S/c1-12(2)11-24-19(26)16-9-14(21)6-7-17(16)23-20(24)28-13(3)18(25)22-10-15-5-4-8-27-15/h6-7,9,12-13,15H,4-5,8,10-11H2,1-3H3,(H,22,25)/t13-,15-/m1/s1. The molecule has 0 saturated carbocycles. The maximum atomic E-state index is 13.0. The fourth-order valence-electron chi connectivity index (χ4n) is 3.16. The highest BCUT2D eigenvalue weighted by Gasteiger charge is 2.22. The second-order valence-electron chi connectivity index (χ2n) is 7.51. The number of rotatable bonds is 7. The van der Waals surface area contributed by atoms with Crippen LogP contribution in [0.1, 0.15) is 33.6 Å². The van der Waals surface area contributed by atoms with Gasteiger partial charge in [-0.2, -0.15) is 0 Å². The number of amides is 1. The molecule has 1 aromatic carbocycles. The van der Waals surface area contributed by atoms with Gasteiger partial charge in [-0.3, -0.25) is 14.2 Å². The van der Waals surface area contributed by atoms with Crippen LogP contribution in [0.5, 0.6) is 0 Å². The van der Waals surface area contributed by atoms with Crippen molar-refractivity contribution < 1.29 is 9.53 Å². The number of nitrogens with zero attached hydrogens (tertiary/aromatic N) is 2. The van der Waals surface area contributed by atoms with Gasteiger partial charge in [-0.15, -0.1) is 0 Å². The van der Waals surface area contributed by atoms with E-state index in [1.165, 1.54) is 11.8 Å². The van der Waals surface area contributed by atoms with Gasteiger partial charge >= 0.3 is 0 Å². The third-order valence-electron chi connectivity index (χ3n) is 4.61. The number of ether oxygens (including phenoxy) is 1. The highest BCUT2D eigenvalue weighted by atomic mass is 35.5. The summed E-state index contributed by atoms with van der Waals surface area (Å²) in [6.45, 7) is 7.72. The third kappa shape index (κ3) is 5.07. The van der Waals surface area contributed by atoms with Gasteiger partial charge in [-0.1, -0.05) is 37.2 Å². The monoisotopic (exact) mass is 423 g/mol. The van der Waals surface area contributed by atoms with Crippen LogP contribution in [0.2, 0.25) is 5.02 Å². The van der Waals surface area contributed by atoms with E-state index in [1.54, 1.807) is 22.8 Å². The highest BCUT2D eigenvalue weighted by molar-refractivity contribution is 8.00. The van der Waals surface area contributed by atoms with Crippen LogP contribution in [0.4, 0.5) is 0 Å². The van der Waals surface area contributed by atoms with Gasteiger partial charge in [0.05, 0.1) is 22.3 Å². The predicted octanol–water partition coefficient (Wildman–Crippen LogP) is 3.48. The van der Waals surface area contributed by atoms with Crippen LogP contribution in [0.3, 0.4) is 0 Å². The van der Waals surface area contributed by atoms with Gasteiger partial charge in [0.1, 0.15) is 0 Å². The Morgan fingerprint density at radius 1 is 1.43 bits per heavy atom. The predicted molar refractivity (Wildman–Crippen MR) is 113 cm³/mol. The molecule has 1 saturated heterocycles. The summed E-state index contributed by atoms with van der Waals surface area (Å²) in [5.41, 5.74) is 0.458. The molecule has 3 rings (SSSR count). The molecule has 2 atom stereocenters. The highest BCUT2D eigenvalue weighted by Crippen LogP contribution is 2.24. The summed E-state index contributed by atoms with van der Waals surface area (Å²) in [6, 6.07) is 5.11. The number of nitrogens with one attached hydrogen (secondary N) is 1. The molecular weight excluding hydrogens is 398 g/mol. The van der Waals surface area contributed by atoms with E-state index < -0.39 is 0 Å². The molecule has 1 aliphatic heterocycles. The summed E-state index contributed by atoms with van der Waals surface area (Å²) in [4.78, 5) is 30.2. The van der Waals surface area contributed by atoms with E-state index >= 15 is 0 Å². The van der Waals surface area contributed by atoms with Crippen LogP contribution >= 0.6 is 23.4 Å². The minimum absolute atomic E-state index is 0.0814. The van der Waals surface area contributed by atoms with E-state index in [2.05, 4.69) is 10.3 Å².